The zero-order chi connectivity index (χ0) is 14.0. The summed E-state index contributed by atoms with van der Waals surface area (Å²) in [4.78, 5) is 34.2. The van der Waals surface area contributed by atoms with E-state index in [1.807, 2.05) is 24.3 Å². The normalized spacial score (nSPS) is 15.7. The van der Waals surface area contributed by atoms with E-state index < -0.39 is 17.4 Å². The lowest BCUT2D eigenvalue weighted by Crippen LogP contribution is -2.26. The molecule has 100 valence electrons. The van der Waals surface area contributed by atoms with Crippen LogP contribution in [0.1, 0.15) is 31.7 Å². The van der Waals surface area contributed by atoms with Gasteiger partial charge in [-0.2, -0.15) is 0 Å². The molecule has 1 aromatic carbocycles. The van der Waals surface area contributed by atoms with Crippen molar-refractivity contribution in [1.82, 2.24) is 0 Å². The molecule has 0 heterocycles. The van der Waals surface area contributed by atoms with Crippen LogP contribution in [-0.2, 0) is 24.5 Å². The Kier molecular flexibility index (Phi) is 3.85. The third kappa shape index (κ3) is 3.10. The van der Waals surface area contributed by atoms with Crippen molar-refractivity contribution >= 4 is 33.7 Å². The molecule has 0 unspecified atom stereocenters. The Balaban J connectivity index is 2.11. The van der Waals surface area contributed by atoms with Crippen LogP contribution in [0.15, 0.2) is 28.7 Å². The fourth-order valence-corrected chi connectivity index (χ4v) is 2.36. The van der Waals surface area contributed by atoms with Crippen molar-refractivity contribution < 1.29 is 19.1 Å². The van der Waals surface area contributed by atoms with E-state index in [9.17, 15) is 14.4 Å². The zero-order valence-corrected chi connectivity index (χ0v) is 12.0. The van der Waals surface area contributed by atoms with Crippen LogP contribution in [0, 0.1) is 0 Å². The highest BCUT2D eigenvalue weighted by molar-refractivity contribution is 9.10. The quantitative estimate of drug-likeness (QED) is 0.630. The second-order valence-corrected chi connectivity index (χ2v) is 5.65. The average molecular weight is 325 g/mol. The lowest BCUT2D eigenvalue weighted by atomic mass is 9.96. The first kappa shape index (κ1) is 13.9. The molecule has 5 heteroatoms. The van der Waals surface area contributed by atoms with Crippen LogP contribution < -0.4 is 0 Å². The number of benzene rings is 1. The van der Waals surface area contributed by atoms with E-state index in [0.717, 1.165) is 10.0 Å². The first-order valence-corrected chi connectivity index (χ1v) is 6.74. The molecule has 0 bridgehead atoms. The SMILES string of the molecule is CC(=O)CC(=O)OC(=O)C1(c2cccc(Br)c2)CC1. The van der Waals surface area contributed by atoms with Crippen LogP contribution in [0.5, 0.6) is 0 Å². The summed E-state index contributed by atoms with van der Waals surface area (Å²) in [6.07, 6.45) is 0.964. The van der Waals surface area contributed by atoms with Crippen LogP contribution in [0.2, 0.25) is 0 Å². The van der Waals surface area contributed by atoms with Crippen molar-refractivity contribution in [2.45, 2.75) is 31.6 Å². The predicted molar refractivity (Wildman–Crippen MR) is 71.5 cm³/mol. The number of halogens is 1. The molecule has 1 aliphatic carbocycles. The van der Waals surface area contributed by atoms with Crippen LogP contribution in [0.4, 0.5) is 0 Å². The smallest absolute Gasteiger partial charge is 0.324 e. The molecule has 1 aliphatic rings. The van der Waals surface area contributed by atoms with Gasteiger partial charge in [0.25, 0.3) is 0 Å². The third-order valence-corrected chi connectivity index (χ3v) is 3.61. The maximum atomic E-state index is 12.1. The molecule has 0 radical (unpaired) electrons. The van der Waals surface area contributed by atoms with Crippen LogP contribution in [0.3, 0.4) is 0 Å². The van der Waals surface area contributed by atoms with Crippen LogP contribution in [-0.4, -0.2) is 17.7 Å². The number of carbonyl (C=O) groups excluding carboxylic acids is 3. The van der Waals surface area contributed by atoms with Crippen molar-refractivity contribution in [3.05, 3.63) is 34.3 Å². The molecular formula is C14H13BrO4. The molecule has 19 heavy (non-hydrogen) atoms. The Morgan fingerprint density at radius 2 is 2.00 bits per heavy atom. The highest BCUT2D eigenvalue weighted by atomic mass is 79.9. The van der Waals surface area contributed by atoms with Crippen LogP contribution in [0.25, 0.3) is 0 Å². The molecule has 0 aliphatic heterocycles. The highest BCUT2D eigenvalue weighted by Gasteiger charge is 2.53. The minimum atomic E-state index is -0.779. The predicted octanol–water partition coefficient (Wildman–Crippen LogP) is 2.53. The van der Waals surface area contributed by atoms with E-state index in [0.29, 0.717) is 12.8 Å². The molecule has 1 saturated carbocycles. The van der Waals surface area contributed by atoms with Gasteiger partial charge in [-0.15, -0.1) is 0 Å². The summed E-state index contributed by atoms with van der Waals surface area (Å²) in [6, 6.07) is 7.40. The minimum absolute atomic E-state index is 0.315. The first-order valence-electron chi connectivity index (χ1n) is 5.95. The van der Waals surface area contributed by atoms with Gasteiger partial charge in [0.1, 0.15) is 12.2 Å². The molecule has 2 rings (SSSR count). The van der Waals surface area contributed by atoms with Gasteiger partial charge in [0, 0.05) is 4.47 Å². The number of esters is 2. The van der Waals surface area contributed by atoms with Crippen molar-refractivity contribution in [3.8, 4) is 0 Å². The van der Waals surface area contributed by atoms with Crippen molar-refractivity contribution in [1.29, 1.82) is 0 Å². The van der Waals surface area contributed by atoms with E-state index in [1.165, 1.54) is 6.92 Å². The Morgan fingerprint density at radius 3 is 2.53 bits per heavy atom. The molecule has 0 atom stereocenters. The summed E-state index contributed by atoms with van der Waals surface area (Å²) in [6.45, 7) is 1.28. The van der Waals surface area contributed by atoms with E-state index in [1.54, 1.807) is 0 Å². The summed E-state index contributed by atoms with van der Waals surface area (Å²) in [5, 5.41) is 0. The third-order valence-electron chi connectivity index (χ3n) is 3.12. The van der Waals surface area contributed by atoms with Gasteiger partial charge in [-0.3, -0.25) is 14.4 Å². The number of rotatable bonds is 4. The highest BCUT2D eigenvalue weighted by Crippen LogP contribution is 2.49. The summed E-state index contributed by atoms with van der Waals surface area (Å²) in [5.41, 5.74) is 0.124. The average Bonchev–Trinajstić information content (AvgIpc) is 3.08. The van der Waals surface area contributed by atoms with Gasteiger partial charge in [0.05, 0.1) is 5.41 Å². The van der Waals surface area contributed by atoms with Gasteiger partial charge < -0.3 is 4.74 Å². The topological polar surface area (TPSA) is 60.4 Å². The molecule has 0 amide bonds. The number of ether oxygens (including phenoxy) is 1. The van der Waals surface area contributed by atoms with Gasteiger partial charge >= 0.3 is 11.9 Å². The second kappa shape index (κ2) is 5.25. The number of hydrogen-bond donors (Lipinski definition) is 0. The fraction of sp³-hybridized carbons (Fsp3) is 0.357. The number of ketones is 1. The van der Waals surface area contributed by atoms with E-state index in [-0.39, 0.29) is 12.2 Å². The van der Waals surface area contributed by atoms with Gasteiger partial charge in [-0.25, -0.2) is 0 Å². The summed E-state index contributed by atoms with van der Waals surface area (Å²) in [5.74, 6) is -1.65. The summed E-state index contributed by atoms with van der Waals surface area (Å²) < 4.78 is 5.64. The minimum Gasteiger partial charge on any atom is -0.392 e. The van der Waals surface area contributed by atoms with E-state index in [2.05, 4.69) is 15.9 Å². The fourth-order valence-electron chi connectivity index (χ4n) is 1.96. The maximum absolute atomic E-state index is 12.1. The molecule has 1 fully saturated rings. The van der Waals surface area contributed by atoms with Gasteiger partial charge in [0.2, 0.25) is 0 Å². The Bertz CT molecular complexity index is 546. The molecule has 0 spiro atoms. The van der Waals surface area contributed by atoms with Gasteiger partial charge in [-0.05, 0) is 37.5 Å². The van der Waals surface area contributed by atoms with Crippen molar-refractivity contribution in [2.24, 2.45) is 0 Å². The lowest BCUT2D eigenvalue weighted by molar-refractivity contribution is -0.161. The standard InChI is InChI=1S/C14H13BrO4/c1-9(16)7-12(17)19-13(18)14(5-6-14)10-3-2-4-11(15)8-10/h2-4,8H,5-7H2,1H3. The Labute approximate surface area is 119 Å². The molecule has 0 N–H and O–H groups in total. The Morgan fingerprint density at radius 1 is 1.32 bits per heavy atom. The molecule has 1 aromatic rings. The lowest BCUT2D eigenvalue weighted by Gasteiger charge is -2.13. The van der Waals surface area contributed by atoms with Gasteiger partial charge in [-0.1, -0.05) is 28.1 Å². The first-order chi connectivity index (χ1) is 8.94. The Hall–Kier alpha value is -1.49. The van der Waals surface area contributed by atoms with E-state index in [4.69, 9.17) is 4.74 Å². The molecule has 0 saturated heterocycles. The maximum Gasteiger partial charge on any atom is 0.324 e. The monoisotopic (exact) mass is 324 g/mol. The number of carbonyl (C=O) groups is 3. The zero-order valence-electron chi connectivity index (χ0n) is 10.4. The molecular weight excluding hydrogens is 312 g/mol. The van der Waals surface area contributed by atoms with Crippen molar-refractivity contribution in [2.75, 3.05) is 0 Å². The summed E-state index contributed by atoms with van der Waals surface area (Å²) >= 11 is 3.35. The van der Waals surface area contributed by atoms with Gasteiger partial charge in [0.15, 0.2) is 0 Å². The molecule has 4 nitrogen and oxygen atoms in total. The molecule has 0 aromatic heterocycles. The van der Waals surface area contributed by atoms with Crippen LogP contribution >= 0.6 is 15.9 Å². The largest absolute Gasteiger partial charge is 0.392 e. The summed E-state index contributed by atoms with van der Waals surface area (Å²) in [7, 11) is 0. The number of hydrogen-bond acceptors (Lipinski definition) is 4. The van der Waals surface area contributed by atoms with Crippen molar-refractivity contribution in [3.63, 3.8) is 0 Å². The van der Waals surface area contributed by atoms with E-state index >= 15 is 0 Å². The number of Topliss-reactive ketones (excluding diaryl/α,β-unsaturated/α-hetero) is 1. The second-order valence-electron chi connectivity index (χ2n) is 4.73.